The fourth-order valence-corrected chi connectivity index (χ4v) is 2.65. The van der Waals surface area contributed by atoms with Crippen molar-refractivity contribution >= 4 is 21.6 Å². The molecule has 0 fully saturated rings. The number of carbonyl (C=O) groups is 1. The number of anilines is 1. The van der Waals surface area contributed by atoms with E-state index >= 15 is 0 Å². The lowest BCUT2D eigenvalue weighted by atomic mass is 10.1. The number of carbonyl (C=O) groups excluding carboxylic acids is 1. The second kappa shape index (κ2) is 7.83. The van der Waals surface area contributed by atoms with Crippen LogP contribution in [0.25, 0.3) is 0 Å². The molecule has 2 aromatic carbocycles. The summed E-state index contributed by atoms with van der Waals surface area (Å²) in [6, 6.07) is 13.7. The molecule has 2 rings (SSSR count). The molecule has 0 aliphatic heterocycles. The molecule has 2 N–H and O–H groups in total. The highest BCUT2D eigenvalue weighted by molar-refractivity contribution is 7.92. The van der Waals surface area contributed by atoms with Crippen LogP contribution < -0.4 is 14.8 Å². The van der Waals surface area contributed by atoms with E-state index in [1.807, 2.05) is 24.3 Å². The summed E-state index contributed by atoms with van der Waals surface area (Å²) in [5, 5.41) is 2.81. The Bertz CT molecular complexity index is 802. The number of rotatable bonds is 7. The number of methoxy groups -OCH3 is 1. The van der Waals surface area contributed by atoms with Crippen LogP contribution in [0, 0.1) is 0 Å². The molecule has 0 bridgehead atoms. The van der Waals surface area contributed by atoms with Gasteiger partial charge in [0.2, 0.25) is 10.0 Å². The number of hydrogen-bond acceptors (Lipinski definition) is 4. The van der Waals surface area contributed by atoms with Crippen LogP contribution in [0.1, 0.15) is 22.8 Å². The third-order valence-electron chi connectivity index (χ3n) is 3.39. The summed E-state index contributed by atoms with van der Waals surface area (Å²) < 4.78 is 30.6. The Balaban J connectivity index is 1.97. The lowest BCUT2D eigenvalue weighted by molar-refractivity contribution is 0.0951. The SMILES string of the molecule is CCS(=O)(=O)Nc1ccc(C(=O)NCc2cccc(OC)c2)cc1. The van der Waals surface area contributed by atoms with Gasteiger partial charge in [-0.15, -0.1) is 0 Å². The molecule has 0 aromatic heterocycles. The maximum atomic E-state index is 12.1. The van der Waals surface area contributed by atoms with E-state index in [0.29, 0.717) is 17.8 Å². The average molecular weight is 348 g/mol. The molecule has 0 aliphatic rings. The molecule has 1 amide bonds. The zero-order chi connectivity index (χ0) is 17.6. The van der Waals surface area contributed by atoms with E-state index in [4.69, 9.17) is 4.74 Å². The summed E-state index contributed by atoms with van der Waals surface area (Å²) in [6.45, 7) is 1.93. The molecule has 2 aromatic rings. The number of benzene rings is 2. The standard InChI is InChI=1S/C17H20N2O4S/c1-3-24(21,22)19-15-9-7-14(8-10-15)17(20)18-12-13-5-4-6-16(11-13)23-2/h4-11,19H,3,12H2,1-2H3,(H,18,20). The van der Waals surface area contributed by atoms with Gasteiger partial charge in [0.1, 0.15) is 5.75 Å². The topological polar surface area (TPSA) is 84.5 Å². The van der Waals surface area contributed by atoms with Gasteiger partial charge in [0.15, 0.2) is 0 Å². The van der Waals surface area contributed by atoms with Crippen molar-refractivity contribution in [2.75, 3.05) is 17.6 Å². The van der Waals surface area contributed by atoms with Gasteiger partial charge in [-0.05, 0) is 48.9 Å². The first kappa shape index (κ1) is 17.8. The van der Waals surface area contributed by atoms with E-state index in [1.54, 1.807) is 38.3 Å². The summed E-state index contributed by atoms with van der Waals surface area (Å²) in [5.41, 5.74) is 1.81. The zero-order valence-electron chi connectivity index (χ0n) is 13.6. The predicted molar refractivity (Wildman–Crippen MR) is 93.7 cm³/mol. The van der Waals surface area contributed by atoms with Gasteiger partial charge in [-0.25, -0.2) is 8.42 Å². The first-order chi connectivity index (χ1) is 11.4. The maximum absolute atomic E-state index is 12.1. The van der Waals surface area contributed by atoms with Crippen molar-refractivity contribution in [1.82, 2.24) is 5.32 Å². The van der Waals surface area contributed by atoms with Gasteiger partial charge >= 0.3 is 0 Å². The third kappa shape index (κ3) is 4.99. The van der Waals surface area contributed by atoms with Gasteiger partial charge < -0.3 is 10.1 Å². The van der Waals surface area contributed by atoms with Gasteiger partial charge in [0.05, 0.1) is 12.9 Å². The van der Waals surface area contributed by atoms with Gasteiger partial charge in [0, 0.05) is 17.8 Å². The fourth-order valence-electron chi connectivity index (χ4n) is 2.01. The number of sulfonamides is 1. The average Bonchev–Trinajstić information content (AvgIpc) is 2.60. The number of ether oxygens (including phenoxy) is 1. The third-order valence-corrected chi connectivity index (χ3v) is 4.69. The second-order valence-corrected chi connectivity index (χ2v) is 7.13. The highest BCUT2D eigenvalue weighted by atomic mass is 32.2. The van der Waals surface area contributed by atoms with Crippen LogP contribution in [-0.2, 0) is 16.6 Å². The van der Waals surface area contributed by atoms with Crippen LogP contribution >= 0.6 is 0 Å². The summed E-state index contributed by atoms with van der Waals surface area (Å²) >= 11 is 0. The largest absolute Gasteiger partial charge is 0.497 e. The molecule has 24 heavy (non-hydrogen) atoms. The molecule has 0 unspecified atom stereocenters. The minimum Gasteiger partial charge on any atom is -0.497 e. The molecular formula is C17H20N2O4S. The molecule has 0 saturated carbocycles. The van der Waals surface area contributed by atoms with Crippen LogP contribution in [0.3, 0.4) is 0 Å². The Morgan fingerprint density at radius 1 is 1.12 bits per heavy atom. The maximum Gasteiger partial charge on any atom is 0.251 e. The molecule has 0 atom stereocenters. The monoisotopic (exact) mass is 348 g/mol. The minimum atomic E-state index is -3.32. The van der Waals surface area contributed by atoms with E-state index in [9.17, 15) is 13.2 Å². The van der Waals surface area contributed by atoms with Crippen molar-refractivity contribution in [3.8, 4) is 5.75 Å². The van der Waals surface area contributed by atoms with E-state index in [0.717, 1.165) is 11.3 Å². The lowest BCUT2D eigenvalue weighted by Gasteiger charge is -2.09. The van der Waals surface area contributed by atoms with E-state index in [-0.39, 0.29) is 11.7 Å². The van der Waals surface area contributed by atoms with Crippen molar-refractivity contribution in [2.24, 2.45) is 0 Å². The Kier molecular flexibility index (Phi) is 5.81. The zero-order valence-corrected chi connectivity index (χ0v) is 14.4. The highest BCUT2D eigenvalue weighted by Gasteiger charge is 2.09. The summed E-state index contributed by atoms with van der Waals surface area (Å²) in [7, 11) is -1.73. The molecule has 0 spiro atoms. The number of nitrogens with one attached hydrogen (secondary N) is 2. The van der Waals surface area contributed by atoms with Crippen LogP contribution in [0.4, 0.5) is 5.69 Å². The Morgan fingerprint density at radius 2 is 1.83 bits per heavy atom. The predicted octanol–water partition coefficient (Wildman–Crippen LogP) is 2.39. The van der Waals surface area contributed by atoms with Gasteiger partial charge in [-0.3, -0.25) is 9.52 Å². The molecular weight excluding hydrogens is 328 g/mol. The minimum absolute atomic E-state index is 0.00419. The smallest absolute Gasteiger partial charge is 0.251 e. The molecule has 7 heteroatoms. The van der Waals surface area contributed by atoms with E-state index < -0.39 is 10.0 Å². The Hall–Kier alpha value is -2.54. The molecule has 0 saturated heterocycles. The van der Waals surface area contributed by atoms with Crippen molar-refractivity contribution in [2.45, 2.75) is 13.5 Å². The molecule has 0 heterocycles. The van der Waals surface area contributed by atoms with Gasteiger partial charge in [-0.2, -0.15) is 0 Å². The molecule has 0 aliphatic carbocycles. The molecule has 128 valence electrons. The highest BCUT2D eigenvalue weighted by Crippen LogP contribution is 2.14. The summed E-state index contributed by atoms with van der Waals surface area (Å²) in [4.78, 5) is 12.1. The summed E-state index contributed by atoms with van der Waals surface area (Å²) in [6.07, 6.45) is 0. The van der Waals surface area contributed by atoms with E-state index in [2.05, 4.69) is 10.0 Å². The van der Waals surface area contributed by atoms with Crippen LogP contribution in [-0.4, -0.2) is 27.2 Å². The summed E-state index contributed by atoms with van der Waals surface area (Å²) in [5.74, 6) is 0.493. The van der Waals surface area contributed by atoms with Crippen molar-refractivity contribution in [3.63, 3.8) is 0 Å². The van der Waals surface area contributed by atoms with E-state index in [1.165, 1.54) is 0 Å². The molecule has 6 nitrogen and oxygen atoms in total. The van der Waals surface area contributed by atoms with Crippen molar-refractivity contribution in [1.29, 1.82) is 0 Å². The van der Waals surface area contributed by atoms with Gasteiger partial charge in [0.25, 0.3) is 5.91 Å². The second-order valence-electron chi connectivity index (χ2n) is 5.12. The van der Waals surface area contributed by atoms with Crippen LogP contribution in [0.2, 0.25) is 0 Å². The van der Waals surface area contributed by atoms with Gasteiger partial charge in [-0.1, -0.05) is 12.1 Å². The molecule has 0 radical (unpaired) electrons. The first-order valence-corrected chi connectivity index (χ1v) is 9.10. The Morgan fingerprint density at radius 3 is 2.46 bits per heavy atom. The van der Waals surface area contributed by atoms with Crippen LogP contribution in [0.15, 0.2) is 48.5 Å². The van der Waals surface area contributed by atoms with Crippen molar-refractivity contribution in [3.05, 3.63) is 59.7 Å². The van der Waals surface area contributed by atoms with Crippen molar-refractivity contribution < 1.29 is 17.9 Å². The van der Waals surface area contributed by atoms with Crippen LogP contribution in [0.5, 0.6) is 5.75 Å². The normalized spacial score (nSPS) is 10.9. The Labute approximate surface area is 141 Å². The number of hydrogen-bond donors (Lipinski definition) is 2. The quantitative estimate of drug-likeness (QED) is 0.805. The number of amides is 1. The fraction of sp³-hybridized carbons (Fsp3) is 0.235. The first-order valence-electron chi connectivity index (χ1n) is 7.45. The lowest BCUT2D eigenvalue weighted by Crippen LogP contribution is -2.22.